The van der Waals surface area contributed by atoms with E-state index >= 15 is 0 Å². The molecule has 4 aromatic rings. The average molecular weight is 451 g/mol. The number of halogens is 1. The molecule has 3 aromatic carbocycles. The van der Waals surface area contributed by atoms with Gasteiger partial charge in [0.15, 0.2) is 6.61 Å². The summed E-state index contributed by atoms with van der Waals surface area (Å²) in [4.78, 5) is 27.5. The van der Waals surface area contributed by atoms with Gasteiger partial charge >= 0.3 is 0 Å². The van der Waals surface area contributed by atoms with Crippen LogP contribution < -0.4 is 10.1 Å². The number of carbonyl (C=O) groups excluding carboxylic acids is 1. The minimum absolute atomic E-state index is 0.0295. The summed E-state index contributed by atoms with van der Waals surface area (Å²) in [6.45, 7) is 0.103. The zero-order valence-corrected chi connectivity index (χ0v) is 17.2. The second-order valence-corrected chi connectivity index (χ2v) is 6.95. The minimum atomic E-state index is -0.613. The van der Waals surface area contributed by atoms with E-state index in [4.69, 9.17) is 20.9 Å². The summed E-state index contributed by atoms with van der Waals surface area (Å²) in [7, 11) is 0. The van der Waals surface area contributed by atoms with Crippen LogP contribution in [0.4, 0.5) is 11.4 Å². The molecule has 0 bridgehead atoms. The van der Waals surface area contributed by atoms with Crippen LogP contribution in [0.15, 0.2) is 77.3 Å². The van der Waals surface area contributed by atoms with E-state index in [0.29, 0.717) is 22.8 Å². The second kappa shape index (κ2) is 9.27. The Hall–Kier alpha value is -4.24. The molecular formula is C22H15ClN4O5. The molecule has 0 saturated carbocycles. The standard InChI is InChI=1S/C22H15ClN4O5/c23-18-11-10-14(27(29)30)12-17(18)21(28)24-19-9-5-4-8-16(19)22-25-20(26-32-22)13-31-15-6-2-1-3-7-15/h1-12H,13H2,(H,24,28). The van der Waals surface area contributed by atoms with E-state index in [9.17, 15) is 14.9 Å². The molecule has 0 radical (unpaired) electrons. The SMILES string of the molecule is O=C(Nc1ccccc1-c1nc(COc2ccccc2)no1)c1cc([N+](=O)[O-])ccc1Cl. The Morgan fingerprint density at radius 2 is 1.84 bits per heavy atom. The van der Waals surface area contributed by atoms with Crippen LogP contribution in [-0.2, 0) is 6.61 Å². The maximum absolute atomic E-state index is 12.8. The van der Waals surface area contributed by atoms with Crippen molar-refractivity contribution in [3.8, 4) is 17.2 Å². The normalized spacial score (nSPS) is 10.5. The first kappa shape index (κ1) is 21.0. The first-order valence-electron chi connectivity index (χ1n) is 9.36. The number of para-hydroxylation sites is 2. The van der Waals surface area contributed by atoms with Crippen LogP contribution in [-0.4, -0.2) is 21.0 Å². The van der Waals surface area contributed by atoms with Crippen LogP contribution in [0.5, 0.6) is 5.75 Å². The number of carbonyl (C=O) groups is 1. The molecule has 10 heteroatoms. The summed E-state index contributed by atoms with van der Waals surface area (Å²) in [5.41, 5.74) is 0.575. The number of amides is 1. The molecule has 160 valence electrons. The molecule has 0 unspecified atom stereocenters. The molecule has 0 saturated heterocycles. The Kier molecular flexibility index (Phi) is 6.09. The van der Waals surface area contributed by atoms with Crippen molar-refractivity contribution in [2.75, 3.05) is 5.32 Å². The number of non-ortho nitro benzene ring substituents is 1. The maximum atomic E-state index is 12.8. The first-order chi connectivity index (χ1) is 15.5. The van der Waals surface area contributed by atoms with Gasteiger partial charge in [-0.05, 0) is 30.3 Å². The summed E-state index contributed by atoms with van der Waals surface area (Å²) in [6, 6.07) is 19.6. The number of anilines is 1. The van der Waals surface area contributed by atoms with Gasteiger partial charge in [0.1, 0.15) is 5.75 Å². The van der Waals surface area contributed by atoms with Gasteiger partial charge in [0, 0.05) is 12.1 Å². The molecule has 9 nitrogen and oxygen atoms in total. The summed E-state index contributed by atoms with van der Waals surface area (Å²) < 4.78 is 10.9. The number of hydrogen-bond donors (Lipinski definition) is 1. The van der Waals surface area contributed by atoms with Crippen molar-refractivity contribution in [1.29, 1.82) is 0 Å². The Morgan fingerprint density at radius 3 is 2.62 bits per heavy atom. The lowest BCUT2D eigenvalue weighted by Gasteiger charge is -2.09. The predicted octanol–water partition coefficient (Wildman–Crippen LogP) is 5.13. The minimum Gasteiger partial charge on any atom is -0.485 e. The van der Waals surface area contributed by atoms with Crippen LogP contribution in [0, 0.1) is 10.1 Å². The van der Waals surface area contributed by atoms with Gasteiger partial charge in [-0.2, -0.15) is 4.98 Å². The van der Waals surface area contributed by atoms with Crippen LogP contribution in [0.1, 0.15) is 16.2 Å². The van der Waals surface area contributed by atoms with Crippen molar-refractivity contribution in [2.24, 2.45) is 0 Å². The van der Waals surface area contributed by atoms with Gasteiger partial charge in [-0.3, -0.25) is 14.9 Å². The molecule has 0 aliphatic heterocycles. The van der Waals surface area contributed by atoms with Gasteiger partial charge in [0.25, 0.3) is 17.5 Å². The Labute approximate surface area is 186 Å². The molecule has 4 rings (SSSR count). The third-order valence-electron chi connectivity index (χ3n) is 4.39. The molecule has 0 fully saturated rings. The number of nitro groups is 1. The fourth-order valence-corrected chi connectivity index (χ4v) is 3.06. The highest BCUT2D eigenvalue weighted by Gasteiger charge is 2.19. The van der Waals surface area contributed by atoms with E-state index in [1.54, 1.807) is 24.3 Å². The molecule has 0 aliphatic carbocycles. The first-order valence-corrected chi connectivity index (χ1v) is 9.74. The van der Waals surface area contributed by atoms with Gasteiger partial charge in [0.05, 0.1) is 26.8 Å². The Morgan fingerprint density at radius 1 is 1.09 bits per heavy atom. The largest absolute Gasteiger partial charge is 0.485 e. The van der Waals surface area contributed by atoms with E-state index in [1.807, 2.05) is 30.3 Å². The second-order valence-electron chi connectivity index (χ2n) is 6.54. The lowest BCUT2D eigenvalue weighted by atomic mass is 10.1. The Bertz CT molecular complexity index is 1280. The highest BCUT2D eigenvalue weighted by molar-refractivity contribution is 6.34. The predicted molar refractivity (Wildman–Crippen MR) is 117 cm³/mol. The Balaban J connectivity index is 1.54. The number of nitro benzene ring substituents is 1. The van der Waals surface area contributed by atoms with Gasteiger partial charge < -0.3 is 14.6 Å². The van der Waals surface area contributed by atoms with E-state index in [0.717, 1.165) is 6.07 Å². The third-order valence-corrected chi connectivity index (χ3v) is 4.72. The lowest BCUT2D eigenvalue weighted by molar-refractivity contribution is -0.384. The third kappa shape index (κ3) is 4.73. The van der Waals surface area contributed by atoms with Crippen molar-refractivity contribution < 1.29 is 19.0 Å². The van der Waals surface area contributed by atoms with E-state index in [-0.39, 0.29) is 28.8 Å². The summed E-state index contributed by atoms with van der Waals surface area (Å²) in [5, 5.41) is 17.7. The van der Waals surface area contributed by atoms with Crippen molar-refractivity contribution >= 4 is 28.9 Å². The fourth-order valence-electron chi connectivity index (χ4n) is 2.86. The van der Waals surface area contributed by atoms with E-state index < -0.39 is 10.8 Å². The van der Waals surface area contributed by atoms with E-state index in [1.165, 1.54) is 12.1 Å². The van der Waals surface area contributed by atoms with Crippen LogP contribution in [0.25, 0.3) is 11.5 Å². The maximum Gasteiger partial charge on any atom is 0.270 e. The monoisotopic (exact) mass is 450 g/mol. The molecule has 1 aromatic heterocycles. The number of ether oxygens (including phenoxy) is 1. The van der Waals surface area contributed by atoms with Crippen molar-refractivity contribution in [3.63, 3.8) is 0 Å². The van der Waals surface area contributed by atoms with Crippen LogP contribution >= 0.6 is 11.6 Å². The van der Waals surface area contributed by atoms with Crippen LogP contribution in [0.3, 0.4) is 0 Å². The van der Waals surface area contributed by atoms with Crippen molar-refractivity contribution in [1.82, 2.24) is 10.1 Å². The summed E-state index contributed by atoms with van der Waals surface area (Å²) in [5.74, 6) is 0.558. The number of benzene rings is 3. The summed E-state index contributed by atoms with van der Waals surface area (Å²) >= 11 is 6.07. The highest BCUT2D eigenvalue weighted by Crippen LogP contribution is 2.29. The van der Waals surface area contributed by atoms with Crippen molar-refractivity contribution in [3.05, 3.63) is 99.3 Å². The van der Waals surface area contributed by atoms with Crippen molar-refractivity contribution in [2.45, 2.75) is 6.61 Å². The smallest absolute Gasteiger partial charge is 0.270 e. The zero-order chi connectivity index (χ0) is 22.5. The quantitative estimate of drug-likeness (QED) is 0.306. The number of nitrogens with zero attached hydrogens (tertiary/aromatic N) is 3. The van der Waals surface area contributed by atoms with Gasteiger partial charge in [-0.15, -0.1) is 0 Å². The molecule has 1 amide bonds. The van der Waals surface area contributed by atoms with Gasteiger partial charge in [0.2, 0.25) is 5.82 Å². The average Bonchev–Trinajstić information content (AvgIpc) is 3.27. The van der Waals surface area contributed by atoms with Gasteiger partial charge in [-0.1, -0.05) is 47.1 Å². The number of aromatic nitrogens is 2. The zero-order valence-electron chi connectivity index (χ0n) is 16.4. The molecule has 0 atom stereocenters. The summed E-state index contributed by atoms with van der Waals surface area (Å²) in [6.07, 6.45) is 0. The molecule has 32 heavy (non-hydrogen) atoms. The number of nitrogens with one attached hydrogen (secondary N) is 1. The molecular weight excluding hydrogens is 436 g/mol. The molecule has 1 N–H and O–H groups in total. The number of hydrogen-bond acceptors (Lipinski definition) is 7. The molecule has 0 aliphatic rings. The van der Waals surface area contributed by atoms with Crippen LogP contribution in [0.2, 0.25) is 5.02 Å². The molecule has 1 heterocycles. The number of rotatable bonds is 7. The molecule has 0 spiro atoms. The fraction of sp³-hybridized carbons (Fsp3) is 0.0455. The van der Waals surface area contributed by atoms with Gasteiger partial charge in [-0.25, -0.2) is 0 Å². The highest BCUT2D eigenvalue weighted by atomic mass is 35.5. The van der Waals surface area contributed by atoms with E-state index in [2.05, 4.69) is 15.5 Å². The topological polar surface area (TPSA) is 120 Å². The lowest BCUT2D eigenvalue weighted by Crippen LogP contribution is -2.13.